The number of fused-ring (bicyclic) bond motifs is 1. The Hall–Kier alpha value is -2.47. The Morgan fingerprint density at radius 2 is 1.72 bits per heavy atom. The van der Waals surface area contributed by atoms with E-state index < -0.39 is 17.4 Å². The minimum atomic E-state index is -0.757. The van der Waals surface area contributed by atoms with Gasteiger partial charge in [-0.2, -0.15) is 0 Å². The molecule has 0 aromatic heterocycles. The molecule has 2 aliphatic rings. The summed E-state index contributed by atoms with van der Waals surface area (Å²) in [6, 6.07) is 10.6. The van der Waals surface area contributed by atoms with Gasteiger partial charge in [-0.15, -0.1) is 0 Å². The minimum absolute atomic E-state index is 0.0178. The second kappa shape index (κ2) is 6.11. The summed E-state index contributed by atoms with van der Waals surface area (Å²) < 4.78 is 38.6. The summed E-state index contributed by atoms with van der Waals surface area (Å²) in [5.74, 6) is -1.83. The first-order valence-electron chi connectivity index (χ1n) is 8.21. The van der Waals surface area contributed by atoms with E-state index in [1.54, 1.807) is 4.90 Å². The van der Waals surface area contributed by atoms with Crippen LogP contribution in [0.1, 0.15) is 28.8 Å². The van der Waals surface area contributed by atoms with Crippen molar-refractivity contribution in [2.75, 3.05) is 13.1 Å². The molecule has 2 aromatic rings. The molecule has 0 N–H and O–H groups in total. The van der Waals surface area contributed by atoms with Gasteiger partial charge < -0.3 is 14.4 Å². The van der Waals surface area contributed by atoms with Crippen molar-refractivity contribution < 1.29 is 23.0 Å². The molecule has 1 amide bonds. The Bertz CT molecular complexity index is 796. The van der Waals surface area contributed by atoms with Crippen LogP contribution < -0.4 is 4.74 Å². The Morgan fingerprint density at radius 3 is 2.44 bits per heavy atom. The van der Waals surface area contributed by atoms with Gasteiger partial charge in [-0.3, -0.25) is 4.79 Å². The van der Waals surface area contributed by atoms with Crippen molar-refractivity contribution in [1.29, 1.82) is 0 Å². The van der Waals surface area contributed by atoms with Crippen LogP contribution in [-0.4, -0.2) is 29.7 Å². The number of rotatable bonds is 1. The zero-order valence-electron chi connectivity index (χ0n) is 13.5. The molecule has 4 nitrogen and oxygen atoms in total. The van der Waals surface area contributed by atoms with Crippen LogP contribution in [-0.2, 0) is 11.3 Å². The second-order valence-corrected chi connectivity index (χ2v) is 6.36. The predicted octanol–water partition coefficient (Wildman–Crippen LogP) is 3.51. The Morgan fingerprint density at radius 1 is 1.04 bits per heavy atom. The molecule has 130 valence electrons. The molecule has 0 unspecified atom stereocenters. The summed E-state index contributed by atoms with van der Waals surface area (Å²) in [6.45, 7) is 1.28. The van der Waals surface area contributed by atoms with Gasteiger partial charge in [-0.25, -0.2) is 8.78 Å². The lowest BCUT2D eigenvalue weighted by atomic mass is 10.0. The molecule has 2 aliphatic heterocycles. The fraction of sp³-hybridized carbons (Fsp3) is 0.316. The SMILES string of the molecule is O=C(c1cc(F)cc(F)c1)N1CCC2(CC1)OCc1ccccc1O2. The molecule has 2 aromatic carbocycles. The van der Waals surface area contributed by atoms with E-state index in [1.807, 2.05) is 24.3 Å². The number of hydrogen-bond acceptors (Lipinski definition) is 3. The molecule has 1 saturated heterocycles. The van der Waals surface area contributed by atoms with Gasteiger partial charge in [-0.05, 0) is 18.2 Å². The van der Waals surface area contributed by atoms with Crippen LogP contribution in [0.25, 0.3) is 0 Å². The van der Waals surface area contributed by atoms with Crippen molar-refractivity contribution >= 4 is 5.91 Å². The molecular weight excluding hydrogens is 328 g/mol. The van der Waals surface area contributed by atoms with Gasteiger partial charge in [0.25, 0.3) is 5.91 Å². The number of halogens is 2. The summed E-state index contributed by atoms with van der Waals surface area (Å²) in [5, 5.41) is 0. The number of carbonyl (C=O) groups excluding carboxylic acids is 1. The number of para-hydroxylation sites is 1. The van der Waals surface area contributed by atoms with Gasteiger partial charge in [0, 0.05) is 43.1 Å². The van der Waals surface area contributed by atoms with Crippen molar-refractivity contribution in [3.8, 4) is 5.75 Å². The maximum Gasteiger partial charge on any atom is 0.254 e. The third-order valence-corrected chi connectivity index (χ3v) is 4.68. The normalized spacial score (nSPS) is 18.6. The van der Waals surface area contributed by atoms with Crippen LogP contribution in [0.15, 0.2) is 42.5 Å². The highest BCUT2D eigenvalue weighted by Crippen LogP contribution is 2.37. The van der Waals surface area contributed by atoms with Gasteiger partial charge >= 0.3 is 0 Å². The molecule has 1 spiro atoms. The van der Waals surface area contributed by atoms with E-state index in [0.29, 0.717) is 32.5 Å². The number of benzene rings is 2. The maximum absolute atomic E-state index is 13.3. The van der Waals surface area contributed by atoms with Crippen LogP contribution in [0.2, 0.25) is 0 Å². The molecule has 0 atom stereocenters. The average molecular weight is 345 g/mol. The molecule has 0 radical (unpaired) electrons. The highest BCUT2D eigenvalue weighted by Gasteiger charge is 2.41. The van der Waals surface area contributed by atoms with Gasteiger partial charge in [0.05, 0.1) is 6.61 Å². The van der Waals surface area contributed by atoms with Crippen LogP contribution in [0.5, 0.6) is 5.75 Å². The second-order valence-electron chi connectivity index (χ2n) is 6.36. The van der Waals surface area contributed by atoms with Gasteiger partial charge in [-0.1, -0.05) is 18.2 Å². The van der Waals surface area contributed by atoms with E-state index in [1.165, 1.54) is 0 Å². The Balaban J connectivity index is 1.46. The van der Waals surface area contributed by atoms with Crippen LogP contribution >= 0.6 is 0 Å². The lowest BCUT2D eigenvalue weighted by Gasteiger charge is -2.44. The minimum Gasteiger partial charge on any atom is -0.462 e. The zero-order chi connectivity index (χ0) is 17.4. The van der Waals surface area contributed by atoms with E-state index in [2.05, 4.69) is 0 Å². The Labute approximate surface area is 144 Å². The zero-order valence-corrected chi connectivity index (χ0v) is 13.5. The lowest BCUT2D eigenvalue weighted by Crippen LogP contribution is -2.52. The number of carbonyl (C=O) groups is 1. The van der Waals surface area contributed by atoms with Crippen molar-refractivity contribution in [3.05, 3.63) is 65.2 Å². The monoisotopic (exact) mass is 345 g/mol. The molecule has 25 heavy (non-hydrogen) atoms. The topological polar surface area (TPSA) is 38.8 Å². The summed E-state index contributed by atoms with van der Waals surface area (Å²) >= 11 is 0. The smallest absolute Gasteiger partial charge is 0.254 e. The fourth-order valence-electron chi connectivity index (χ4n) is 3.32. The molecule has 4 rings (SSSR count). The number of likely N-dealkylation sites (tertiary alicyclic amines) is 1. The summed E-state index contributed by atoms with van der Waals surface area (Å²) in [5.41, 5.74) is 1.02. The first kappa shape index (κ1) is 16.0. The molecule has 2 heterocycles. The van der Waals surface area contributed by atoms with E-state index in [0.717, 1.165) is 29.5 Å². The predicted molar refractivity (Wildman–Crippen MR) is 86.1 cm³/mol. The van der Waals surface area contributed by atoms with Gasteiger partial charge in [0.15, 0.2) is 0 Å². The molecule has 6 heteroatoms. The molecule has 0 bridgehead atoms. The van der Waals surface area contributed by atoms with Crippen LogP contribution in [0.3, 0.4) is 0 Å². The molecule has 0 saturated carbocycles. The van der Waals surface area contributed by atoms with Crippen LogP contribution in [0.4, 0.5) is 8.78 Å². The number of piperidine rings is 1. The average Bonchev–Trinajstić information content (AvgIpc) is 2.61. The van der Waals surface area contributed by atoms with E-state index in [-0.39, 0.29) is 11.5 Å². The quantitative estimate of drug-likeness (QED) is 0.794. The molecular formula is C19H17F2NO3. The third-order valence-electron chi connectivity index (χ3n) is 4.68. The highest BCUT2D eigenvalue weighted by molar-refractivity contribution is 5.94. The van der Waals surface area contributed by atoms with E-state index in [4.69, 9.17) is 9.47 Å². The number of amides is 1. The number of nitrogens with zero attached hydrogens (tertiary/aromatic N) is 1. The summed E-state index contributed by atoms with van der Waals surface area (Å²) in [7, 11) is 0. The van der Waals surface area contributed by atoms with Crippen molar-refractivity contribution in [1.82, 2.24) is 4.90 Å². The lowest BCUT2D eigenvalue weighted by molar-refractivity contribution is -0.225. The fourth-order valence-corrected chi connectivity index (χ4v) is 3.32. The van der Waals surface area contributed by atoms with Crippen molar-refractivity contribution in [2.45, 2.75) is 25.2 Å². The van der Waals surface area contributed by atoms with Gasteiger partial charge in [0.2, 0.25) is 5.79 Å². The third kappa shape index (κ3) is 3.09. The Kier molecular flexibility index (Phi) is 3.92. The summed E-state index contributed by atoms with van der Waals surface area (Å²) in [4.78, 5) is 14.1. The van der Waals surface area contributed by atoms with Crippen molar-refractivity contribution in [2.24, 2.45) is 0 Å². The molecule has 0 aliphatic carbocycles. The summed E-state index contributed by atoms with van der Waals surface area (Å²) in [6.07, 6.45) is 1.01. The number of ether oxygens (including phenoxy) is 2. The number of hydrogen-bond donors (Lipinski definition) is 0. The molecule has 1 fully saturated rings. The van der Waals surface area contributed by atoms with Crippen molar-refractivity contribution in [3.63, 3.8) is 0 Å². The van der Waals surface area contributed by atoms with Gasteiger partial charge in [0.1, 0.15) is 17.4 Å². The highest BCUT2D eigenvalue weighted by atomic mass is 19.1. The van der Waals surface area contributed by atoms with E-state index >= 15 is 0 Å². The first-order chi connectivity index (χ1) is 12.0. The van der Waals surface area contributed by atoms with Crippen LogP contribution in [0, 0.1) is 11.6 Å². The first-order valence-corrected chi connectivity index (χ1v) is 8.21. The maximum atomic E-state index is 13.3. The standard InChI is InChI=1S/C19H17F2NO3/c20-15-9-14(10-16(21)11-15)18(23)22-7-5-19(6-8-22)24-12-13-3-1-2-4-17(13)25-19/h1-4,9-11H,5-8,12H2. The van der Waals surface area contributed by atoms with E-state index in [9.17, 15) is 13.6 Å². The largest absolute Gasteiger partial charge is 0.462 e.